The van der Waals surface area contributed by atoms with E-state index in [4.69, 9.17) is 10.8 Å². The van der Waals surface area contributed by atoms with Crippen LogP contribution in [0.4, 0.5) is 5.82 Å². The van der Waals surface area contributed by atoms with E-state index in [2.05, 4.69) is 31.8 Å². The number of anilines is 1. The van der Waals surface area contributed by atoms with Gasteiger partial charge >= 0.3 is 0 Å². The number of H-pyrrole nitrogens is 1. The Labute approximate surface area is 121 Å². The number of aliphatic hydroxyl groups excluding tert-OH is 1. The van der Waals surface area contributed by atoms with Gasteiger partial charge in [-0.05, 0) is 30.5 Å². The molecule has 3 rings (SSSR count). The maximum atomic E-state index is 8.72. The van der Waals surface area contributed by atoms with Gasteiger partial charge in [-0.1, -0.05) is 12.0 Å². The Kier molecular flexibility index (Phi) is 3.26. The molecule has 1 aromatic carbocycles. The third-order valence-electron chi connectivity index (χ3n) is 2.96. The topological polar surface area (TPSA) is 101 Å². The number of nitrogen functional groups attached to an aromatic ring is 1. The predicted octanol–water partition coefficient (Wildman–Crippen LogP) is 1.25. The van der Waals surface area contributed by atoms with E-state index in [9.17, 15) is 0 Å². The van der Waals surface area contributed by atoms with E-state index in [1.54, 1.807) is 0 Å². The lowest BCUT2D eigenvalue weighted by Gasteiger charge is -2.00. The van der Waals surface area contributed by atoms with Gasteiger partial charge in [-0.3, -0.25) is 0 Å². The van der Waals surface area contributed by atoms with Gasteiger partial charge in [-0.2, -0.15) is 0 Å². The highest BCUT2D eigenvalue weighted by Gasteiger charge is 2.11. The van der Waals surface area contributed by atoms with Crippen LogP contribution in [0.25, 0.3) is 22.6 Å². The fourth-order valence-electron chi connectivity index (χ4n) is 2.00. The van der Waals surface area contributed by atoms with E-state index in [1.165, 1.54) is 6.20 Å². The zero-order valence-electron chi connectivity index (χ0n) is 11.4. The number of benzene rings is 1. The van der Waals surface area contributed by atoms with Crippen molar-refractivity contribution in [3.8, 4) is 23.4 Å². The molecule has 6 heteroatoms. The van der Waals surface area contributed by atoms with Crippen molar-refractivity contribution in [1.82, 2.24) is 19.9 Å². The molecule has 0 aliphatic carbocycles. The second kappa shape index (κ2) is 5.23. The Morgan fingerprint density at radius 1 is 1.33 bits per heavy atom. The van der Waals surface area contributed by atoms with Crippen molar-refractivity contribution >= 4 is 16.9 Å². The summed E-state index contributed by atoms with van der Waals surface area (Å²) in [6.45, 7) is 1.78. The Morgan fingerprint density at radius 2 is 2.19 bits per heavy atom. The van der Waals surface area contributed by atoms with Crippen LogP contribution in [0.15, 0.2) is 24.4 Å². The molecule has 0 unspecified atom stereocenters. The number of nitrogens with zero attached hydrogens (tertiary/aromatic N) is 3. The first-order valence-corrected chi connectivity index (χ1v) is 6.36. The fraction of sp³-hybridized carbons (Fsp3) is 0.133. The zero-order valence-corrected chi connectivity index (χ0v) is 11.4. The van der Waals surface area contributed by atoms with Gasteiger partial charge in [0.2, 0.25) is 0 Å². The second-order valence-electron chi connectivity index (χ2n) is 4.55. The number of aryl methyl sites for hydroxylation is 1. The lowest BCUT2D eigenvalue weighted by Crippen LogP contribution is -2.00. The molecule has 0 fully saturated rings. The molecule has 0 radical (unpaired) electrons. The summed E-state index contributed by atoms with van der Waals surface area (Å²) < 4.78 is 0. The highest BCUT2D eigenvalue weighted by molar-refractivity contribution is 5.81. The fourth-order valence-corrected chi connectivity index (χ4v) is 2.00. The molecular weight excluding hydrogens is 266 g/mol. The van der Waals surface area contributed by atoms with E-state index >= 15 is 0 Å². The number of aromatic nitrogens is 4. The van der Waals surface area contributed by atoms with Crippen LogP contribution in [0.1, 0.15) is 11.3 Å². The highest BCUT2D eigenvalue weighted by Crippen LogP contribution is 2.23. The maximum absolute atomic E-state index is 8.72. The number of hydrogen-bond donors (Lipinski definition) is 3. The van der Waals surface area contributed by atoms with Gasteiger partial charge in [-0.15, -0.1) is 0 Å². The molecule has 2 aromatic heterocycles. The van der Waals surface area contributed by atoms with Crippen molar-refractivity contribution in [3.63, 3.8) is 0 Å². The molecule has 2 heterocycles. The quantitative estimate of drug-likeness (QED) is 0.582. The maximum Gasteiger partial charge on any atom is 0.161 e. The van der Waals surface area contributed by atoms with Gasteiger partial charge in [0, 0.05) is 0 Å². The molecule has 104 valence electrons. The summed E-state index contributed by atoms with van der Waals surface area (Å²) >= 11 is 0. The predicted molar refractivity (Wildman–Crippen MR) is 80.2 cm³/mol. The first-order chi connectivity index (χ1) is 10.2. The van der Waals surface area contributed by atoms with Crippen LogP contribution in [-0.2, 0) is 0 Å². The van der Waals surface area contributed by atoms with Crippen LogP contribution in [0, 0.1) is 18.8 Å². The van der Waals surface area contributed by atoms with E-state index < -0.39 is 0 Å². The second-order valence-corrected chi connectivity index (χ2v) is 4.55. The minimum absolute atomic E-state index is 0.231. The summed E-state index contributed by atoms with van der Waals surface area (Å²) in [5, 5.41) is 8.72. The summed E-state index contributed by atoms with van der Waals surface area (Å²) in [5.74, 6) is 6.06. The van der Waals surface area contributed by atoms with Crippen molar-refractivity contribution < 1.29 is 5.11 Å². The monoisotopic (exact) mass is 279 g/mol. The summed E-state index contributed by atoms with van der Waals surface area (Å²) in [5.41, 5.74) is 9.65. The number of nitrogens with one attached hydrogen (secondary N) is 1. The van der Waals surface area contributed by atoms with Crippen molar-refractivity contribution in [2.45, 2.75) is 6.92 Å². The Hall–Kier alpha value is -2.91. The van der Waals surface area contributed by atoms with Crippen LogP contribution in [0.5, 0.6) is 0 Å². The van der Waals surface area contributed by atoms with Crippen molar-refractivity contribution in [2.24, 2.45) is 0 Å². The number of rotatable bonds is 1. The molecule has 0 aliphatic rings. The lowest BCUT2D eigenvalue weighted by atomic mass is 10.2. The standard InChI is InChI=1S/C15H13N5O/c1-9-4-5-11-12(7-9)20-15(19-11)13-14(16)17-8-10(18-13)3-2-6-21/h4-5,7-8,21H,6H2,1H3,(H2,16,17)(H,19,20). The third kappa shape index (κ3) is 2.55. The average Bonchev–Trinajstić information content (AvgIpc) is 2.89. The molecular formula is C15H13N5O. The normalized spacial score (nSPS) is 10.4. The van der Waals surface area contributed by atoms with Crippen LogP contribution < -0.4 is 5.73 Å². The van der Waals surface area contributed by atoms with Crippen molar-refractivity contribution in [2.75, 3.05) is 12.3 Å². The van der Waals surface area contributed by atoms with E-state index in [0.717, 1.165) is 16.6 Å². The minimum atomic E-state index is -0.231. The summed E-state index contributed by atoms with van der Waals surface area (Å²) in [6, 6.07) is 5.93. The molecule has 0 atom stereocenters. The molecule has 0 saturated carbocycles. The smallest absolute Gasteiger partial charge is 0.161 e. The average molecular weight is 279 g/mol. The molecule has 0 amide bonds. The number of imidazole rings is 1. The Bertz CT molecular complexity index is 873. The SMILES string of the molecule is Cc1ccc2nc(-c3nc(C#CCO)cnc3N)[nH]c2c1. The molecule has 0 spiro atoms. The van der Waals surface area contributed by atoms with Gasteiger partial charge in [0.1, 0.15) is 18.0 Å². The molecule has 3 aromatic rings. The first-order valence-electron chi connectivity index (χ1n) is 6.36. The molecule has 4 N–H and O–H groups in total. The van der Waals surface area contributed by atoms with Crippen molar-refractivity contribution in [3.05, 3.63) is 35.7 Å². The number of fused-ring (bicyclic) bond motifs is 1. The van der Waals surface area contributed by atoms with Crippen molar-refractivity contribution in [1.29, 1.82) is 0 Å². The minimum Gasteiger partial charge on any atom is -0.384 e. The number of hydrogen-bond acceptors (Lipinski definition) is 5. The van der Waals surface area contributed by atoms with Crippen LogP contribution in [-0.4, -0.2) is 31.6 Å². The largest absolute Gasteiger partial charge is 0.384 e. The van der Waals surface area contributed by atoms with E-state index in [1.807, 2.05) is 25.1 Å². The van der Waals surface area contributed by atoms with Gasteiger partial charge in [0.25, 0.3) is 0 Å². The Balaban J connectivity index is 2.12. The van der Waals surface area contributed by atoms with E-state index in [-0.39, 0.29) is 12.4 Å². The van der Waals surface area contributed by atoms with Gasteiger partial charge in [0.15, 0.2) is 11.6 Å². The van der Waals surface area contributed by atoms with Gasteiger partial charge in [0.05, 0.1) is 17.2 Å². The summed E-state index contributed by atoms with van der Waals surface area (Å²) in [4.78, 5) is 16.1. The summed E-state index contributed by atoms with van der Waals surface area (Å²) in [7, 11) is 0. The van der Waals surface area contributed by atoms with Crippen LogP contribution in [0.3, 0.4) is 0 Å². The summed E-state index contributed by atoms with van der Waals surface area (Å²) in [6.07, 6.45) is 1.47. The molecule has 6 nitrogen and oxygen atoms in total. The van der Waals surface area contributed by atoms with Crippen LogP contribution in [0.2, 0.25) is 0 Å². The molecule has 0 bridgehead atoms. The Morgan fingerprint density at radius 3 is 3.00 bits per heavy atom. The lowest BCUT2D eigenvalue weighted by molar-refractivity contribution is 0.350. The molecule has 0 aliphatic heterocycles. The number of aromatic amines is 1. The van der Waals surface area contributed by atoms with E-state index in [0.29, 0.717) is 17.2 Å². The molecule has 21 heavy (non-hydrogen) atoms. The zero-order chi connectivity index (χ0) is 14.8. The van der Waals surface area contributed by atoms with Gasteiger partial charge in [-0.25, -0.2) is 15.0 Å². The molecule has 0 saturated heterocycles. The third-order valence-corrected chi connectivity index (χ3v) is 2.96. The first kappa shape index (κ1) is 13.1. The highest BCUT2D eigenvalue weighted by atomic mass is 16.2. The number of aliphatic hydroxyl groups is 1. The van der Waals surface area contributed by atoms with Crippen LogP contribution >= 0.6 is 0 Å². The number of nitrogens with two attached hydrogens (primary N) is 1. The van der Waals surface area contributed by atoms with Gasteiger partial charge < -0.3 is 15.8 Å².